The molecule has 5 heteroatoms. The Balaban J connectivity index is 1.65. The predicted molar refractivity (Wildman–Crippen MR) is 106 cm³/mol. The summed E-state index contributed by atoms with van der Waals surface area (Å²) >= 11 is 0. The van der Waals surface area contributed by atoms with Crippen LogP contribution in [-0.2, 0) is 0 Å². The third-order valence-electron chi connectivity index (χ3n) is 7.10. The number of anilines is 1. The molecule has 2 aromatic carbocycles. The Morgan fingerprint density at radius 2 is 1.89 bits per heavy atom. The maximum Gasteiger partial charge on any atom is 0.335 e. The molecule has 2 aliphatic carbocycles. The largest absolute Gasteiger partial charge is 0.493 e. The van der Waals surface area contributed by atoms with Gasteiger partial charge in [0.2, 0.25) is 0 Å². The first-order chi connectivity index (χ1) is 13.6. The van der Waals surface area contributed by atoms with Gasteiger partial charge < -0.3 is 19.9 Å². The quantitative estimate of drug-likeness (QED) is 0.806. The lowest BCUT2D eigenvalue weighted by Gasteiger charge is -2.44. The molecular weight excluding hydrogens is 354 g/mol. The van der Waals surface area contributed by atoms with Crippen LogP contribution in [0.5, 0.6) is 11.5 Å². The van der Waals surface area contributed by atoms with Gasteiger partial charge in [-0.1, -0.05) is 12.1 Å². The summed E-state index contributed by atoms with van der Waals surface area (Å²) < 4.78 is 11.3. The Labute approximate surface area is 164 Å². The van der Waals surface area contributed by atoms with E-state index in [0.717, 1.165) is 22.7 Å². The van der Waals surface area contributed by atoms with Crippen molar-refractivity contribution in [2.75, 3.05) is 19.5 Å². The average Bonchev–Trinajstić information content (AvgIpc) is 3.34. The van der Waals surface area contributed by atoms with Crippen molar-refractivity contribution in [3.05, 3.63) is 53.1 Å². The molecule has 2 N–H and O–H groups in total. The second-order valence-corrected chi connectivity index (χ2v) is 8.25. The van der Waals surface area contributed by atoms with Crippen LogP contribution in [0.1, 0.15) is 52.7 Å². The van der Waals surface area contributed by atoms with Gasteiger partial charge in [0.25, 0.3) is 0 Å². The summed E-state index contributed by atoms with van der Waals surface area (Å²) in [5, 5.41) is 13.2. The predicted octanol–water partition coefficient (Wildman–Crippen LogP) is 4.70. The fourth-order valence-corrected chi connectivity index (χ4v) is 6.09. The molecule has 0 saturated heterocycles. The molecule has 5 atom stereocenters. The minimum Gasteiger partial charge on any atom is -0.493 e. The van der Waals surface area contributed by atoms with E-state index in [9.17, 15) is 9.90 Å². The van der Waals surface area contributed by atoms with Gasteiger partial charge in [-0.15, -0.1) is 0 Å². The third kappa shape index (κ3) is 2.42. The molecule has 0 aromatic heterocycles. The van der Waals surface area contributed by atoms with E-state index in [2.05, 4.69) is 11.4 Å². The first-order valence-electron chi connectivity index (χ1n) is 9.97. The highest BCUT2D eigenvalue weighted by Gasteiger charge is 2.54. The molecule has 0 radical (unpaired) electrons. The van der Waals surface area contributed by atoms with E-state index in [1.54, 1.807) is 20.3 Å². The number of aromatic carboxylic acids is 1. The van der Waals surface area contributed by atoms with Crippen LogP contribution in [0.15, 0.2) is 36.4 Å². The smallest absolute Gasteiger partial charge is 0.335 e. The number of carboxylic acids is 1. The van der Waals surface area contributed by atoms with Crippen molar-refractivity contribution in [3.63, 3.8) is 0 Å². The average molecular weight is 379 g/mol. The van der Waals surface area contributed by atoms with Crippen LogP contribution in [0.3, 0.4) is 0 Å². The maximum atomic E-state index is 11.5. The molecule has 146 valence electrons. The van der Waals surface area contributed by atoms with Crippen molar-refractivity contribution in [1.82, 2.24) is 0 Å². The van der Waals surface area contributed by atoms with Gasteiger partial charge in [0, 0.05) is 11.3 Å². The Hall–Kier alpha value is -2.69. The lowest BCUT2D eigenvalue weighted by Crippen LogP contribution is -2.35. The zero-order chi connectivity index (χ0) is 19.4. The standard InChI is InChI=1S/C23H25NO4/c1-27-18-5-3-4-15(22(18)28-2)21-20-13-7-6-12(10-13)19(20)16-11-14(23(25)26)8-9-17(16)24-21/h3-5,8-9,11-13,19-21,24H,6-7,10H2,1-2H3,(H,25,26)/t12-,13-,19+,20-,21-/m0/s1. The first-order valence-corrected chi connectivity index (χ1v) is 9.97. The van der Waals surface area contributed by atoms with Crippen LogP contribution < -0.4 is 14.8 Å². The topological polar surface area (TPSA) is 67.8 Å². The first kappa shape index (κ1) is 17.4. The fraction of sp³-hybridized carbons (Fsp3) is 0.435. The number of para-hydroxylation sites is 1. The second kappa shape index (κ2) is 6.43. The van der Waals surface area contributed by atoms with Crippen molar-refractivity contribution in [1.29, 1.82) is 0 Å². The van der Waals surface area contributed by atoms with Crippen molar-refractivity contribution in [2.45, 2.75) is 31.2 Å². The second-order valence-electron chi connectivity index (χ2n) is 8.25. The molecule has 2 bridgehead atoms. The van der Waals surface area contributed by atoms with Gasteiger partial charge in [0.05, 0.1) is 25.8 Å². The van der Waals surface area contributed by atoms with Crippen LogP contribution in [-0.4, -0.2) is 25.3 Å². The van der Waals surface area contributed by atoms with Crippen LogP contribution >= 0.6 is 0 Å². The minimum absolute atomic E-state index is 0.133. The minimum atomic E-state index is -0.862. The van der Waals surface area contributed by atoms with Crippen molar-refractivity contribution in [2.24, 2.45) is 17.8 Å². The number of ether oxygens (including phenoxy) is 2. The number of fused-ring (bicyclic) bond motifs is 7. The molecule has 5 nitrogen and oxygen atoms in total. The lowest BCUT2D eigenvalue weighted by molar-refractivity contribution is 0.0696. The molecule has 5 rings (SSSR count). The van der Waals surface area contributed by atoms with E-state index >= 15 is 0 Å². The number of carboxylic acid groups (broad SMARTS) is 1. The van der Waals surface area contributed by atoms with E-state index in [4.69, 9.17) is 9.47 Å². The number of benzene rings is 2. The molecule has 1 aliphatic heterocycles. The number of carbonyl (C=O) groups is 1. The Morgan fingerprint density at radius 3 is 2.64 bits per heavy atom. The molecular formula is C23H25NO4. The number of hydrogen-bond donors (Lipinski definition) is 2. The summed E-state index contributed by atoms with van der Waals surface area (Å²) in [5.41, 5.74) is 3.72. The van der Waals surface area contributed by atoms with Gasteiger partial charge in [-0.2, -0.15) is 0 Å². The number of nitrogens with one attached hydrogen (secondary N) is 1. The van der Waals surface area contributed by atoms with E-state index in [1.165, 1.54) is 24.8 Å². The van der Waals surface area contributed by atoms with E-state index in [1.807, 2.05) is 24.3 Å². The zero-order valence-corrected chi connectivity index (χ0v) is 16.1. The number of hydrogen-bond acceptors (Lipinski definition) is 4. The normalized spacial score (nSPS) is 29.6. The molecule has 0 unspecified atom stereocenters. The molecule has 0 spiro atoms. The van der Waals surface area contributed by atoms with Gasteiger partial charge in [-0.25, -0.2) is 4.79 Å². The highest BCUT2D eigenvalue weighted by atomic mass is 16.5. The molecule has 28 heavy (non-hydrogen) atoms. The molecule has 2 saturated carbocycles. The summed E-state index contributed by atoms with van der Waals surface area (Å²) in [6, 6.07) is 11.7. The fourth-order valence-electron chi connectivity index (χ4n) is 6.09. The summed E-state index contributed by atoms with van der Waals surface area (Å²) in [4.78, 5) is 11.5. The van der Waals surface area contributed by atoms with Gasteiger partial charge >= 0.3 is 5.97 Å². The van der Waals surface area contributed by atoms with Crippen LogP contribution in [0, 0.1) is 17.8 Å². The summed E-state index contributed by atoms with van der Waals surface area (Å²) in [6.45, 7) is 0. The van der Waals surface area contributed by atoms with Crippen molar-refractivity contribution >= 4 is 11.7 Å². The number of methoxy groups -OCH3 is 2. The SMILES string of the molecule is COc1cccc([C@@H]2Nc3ccc(C(=O)O)cc3[C@H]3[C@H]4CC[C@@H](C4)[C@@H]32)c1OC. The van der Waals surface area contributed by atoms with Crippen molar-refractivity contribution < 1.29 is 19.4 Å². The highest BCUT2D eigenvalue weighted by molar-refractivity contribution is 5.89. The van der Waals surface area contributed by atoms with Gasteiger partial charge in [-0.05, 0) is 72.8 Å². The van der Waals surface area contributed by atoms with Crippen LogP contribution in [0.25, 0.3) is 0 Å². The molecule has 1 heterocycles. The van der Waals surface area contributed by atoms with E-state index < -0.39 is 5.97 Å². The van der Waals surface area contributed by atoms with E-state index in [-0.39, 0.29) is 6.04 Å². The zero-order valence-electron chi connectivity index (χ0n) is 16.1. The van der Waals surface area contributed by atoms with Gasteiger partial charge in [0.1, 0.15) is 0 Å². The van der Waals surface area contributed by atoms with Crippen molar-refractivity contribution in [3.8, 4) is 11.5 Å². The van der Waals surface area contributed by atoms with Gasteiger partial charge in [-0.3, -0.25) is 0 Å². The summed E-state index contributed by atoms with van der Waals surface area (Å²) in [5.74, 6) is 2.80. The summed E-state index contributed by atoms with van der Waals surface area (Å²) in [6.07, 6.45) is 3.73. The van der Waals surface area contributed by atoms with Gasteiger partial charge in [0.15, 0.2) is 11.5 Å². The highest BCUT2D eigenvalue weighted by Crippen LogP contribution is 2.64. The lowest BCUT2D eigenvalue weighted by atomic mass is 9.67. The Kier molecular flexibility index (Phi) is 4.00. The van der Waals surface area contributed by atoms with E-state index in [0.29, 0.717) is 29.2 Å². The summed E-state index contributed by atoms with van der Waals surface area (Å²) in [7, 11) is 3.36. The number of rotatable bonds is 4. The molecule has 2 fully saturated rings. The Bertz CT molecular complexity index is 940. The Morgan fingerprint density at radius 1 is 1.07 bits per heavy atom. The monoisotopic (exact) mass is 379 g/mol. The van der Waals surface area contributed by atoms with Crippen LogP contribution in [0.4, 0.5) is 5.69 Å². The molecule has 0 amide bonds. The maximum absolute atomic E-state index is 11.5. The molecule has 2 aromatic rings. The third-order valence-corrected chi connectivity index (χ3v) is 7.10. The molecule has 3 aliphatic rings. The van der Waals surface area contributed by atoms with Crippen LogP contribution in [0.2, 0.25) is 0 Å².